The number of halogens is 1. The van der Waals surface area contributed by atoms with Crippen LogP contribution in [0.25, 0.3) is 22.4 Å². The Morgan fingerprint density at radius 2 is 1.89 bits per heavy atom. The Balaban J connectivity index is 0.00000261. The van der Waals surface area contributed by atoms with E-state index >= 15 is 0 Å². The number of aromatic nitrogens is 1. The molecule has 0 radical (unpaired) electrons. The number of unbranched alkanes of at least 4 members (excludes halogenated alkanes) is 4. The summed E-state index contributed by atoms with van der Waals surface area (Å²) in [7, 11) is 0. The van der Waals surface area contributed by atoms with Crippen LogP contribution >= 0.6 is 15.9 Å². The number of carboxylic acid groups (broad SMARTS) is 1. The monoisotopic (exact) mass is 453 g/mol. The van der Waals surface area contributed by atoms with Crippen LogP contribution < -0.4 is 56.5 Å². The summed E-state index contributed by atoms with van der Waals surface area (Å²) in [5, 5.41) is 12.1. The maximum absolute atomic E-state index is 11.6. The number of nitrogens with zero attached hydrogens (tertiary/aromatic N) is 1. The Hall–Kier alpha value is -0.504. The SMILES string of the molecule is CCCCCCCc1ccc(-c2cc(C(=O)[O-])c3cc(Br)ccc3n2)o1.[K+]. The molecule has 0 aliphatic carbocycles. The quantitative estimate of drug-likeness (QED) is 0.387. The molecule has 3 rings (SSSR count). The molecule has 0 atom stereocenters. The van der Waals surface area contributed by atoms with Crippen molar-refractivity contribution in [2.24, 2.45) is 0 Å². The van der Waals surface area contributed by atoms with E-state index in [4.69, 9.17) is 4.42 Å². The van der Waals surface area contributed by atoms with Crippen molar-refractivity contribution >= 4 is 32.8 Å². The van der Waals surface area contributed by atoms with Gasteiger partial charge in [-0.3, -0.25) is 0 Å². The van der Waals surface area contributed by atoms with Crippen LogP contribution in [-0.2, 0) is 6.42 Å². The van der Waals surface area contributed by atoms with Gasteiger partial charge in [0.25, 0.3) is 0 Å². The molecule has 6 heteroatoms. The van der Waals surface area contributed by atoms with Gasteiger partial charge in [0, 0.05) is 21.8 Å². The molecule has 1 aromatic carbocycles. The molecule has 0 spiro atoms. The summed E-state index contributed by atoms with van der Waals surface area (Å²) < 4.78 is 6.70. The maximum atomic E-state index is 11.6. The maximum Gasteiger partial charge on any atom is 1.00 e. The molecule has 0 unspecified atom stereocenters. The molecule has 3 aromatic rings. The van der Waals surface area contributed by atoms with Crippen molar-refractivity contribution in [1.82, 2.24) is 4.98 Å². The number of hydrogen-bond donors (Lipinski definition) is 0. The van der Waals surface area contributed by atoms with Crippen LogP contribution in [0.1, 0.15) is 55.1 Å². The van der Waals surface area contributed by atoms with E-state index in [0.29, 0.717) is 22.4 Å². The van der Waals surface area contributed by atoms with Gasteiger partial charge in [0.15, 0.2) is 5.76 Å². The van der Waals surface area contributed by atoms with E-state index in [1.807, 2.05) is 18.2 Å². The number of rotatable bonds is 8. The topological polar surface area (TPSA) is 66.2 Å². The molecule has 0 aliphatic rings. The predicted molar refractivity (Wildman–Crippen MR) is 104 cm³/mol. The van der Waals surface area contributed by atoms with Crippen LogP contribution in [0.15, 0.2) is 45.3 Å². The van der Waals surface area contributed by atoms with Crippen LogP contribution in [0.4, 0.5) is 0 Å². The third-order valence-corrected chi connectivity index (χ3v) is 4.92. The van der Waals surface area contributed by atoms with Crippen molar-refractivity contribution in [1.29, 1.82) is 0 Å². The standard InChI is InChI=1S/C21H22BrNO3.K/c1-2-3-4-5-6-7-15-9-11-20(26-15)19-13-17(21(24)25)16-12-14(22)8-10-18(16)23-19;/h8-13H,2-7H2,1H3,(H,24,25);/q;+1/p-1. The third-order valence-electron chi connectivity index (χ3n) is 4.43. The number of carbonyl (C=O) groups is 1. The molecule has 0 saturated heterocycles. The molecule has 0 amide bonds. The molecule has 0 aliphatic heterocycles. The van der Waals surface area contributed by atoms with Gasteiger partial charge in [-0.2, -0.15) is 0 Å². The van der Waals surface area contributed by atoms with Gasteiger partial charge in [-0.15, -0.1) is 0 Å². The van der Waals surface area contributed by atoms with Crippen LogP contribution in [-0.4, -0.2) is 11.0 Å². The van der Waals surface area contributed by atoms with Gasteiger partial charge in [0.2, 0.25) is 0 Å². The minimum Gasteiger partial charge on any atom is -0.545 e. The Morgan fingerprint density at radius 1 is 1.11 bits per heavy atom. The van der Waals surface area contributed by atoms with E-state index in [9.17, 15) is 9.90 Å². The Labute approximate surface area is 210 Å². The predicted octanol–water partition coefficient (Wildman–Crippen LogP) is 2.14. The molecule has 0 bridgehead atoms. The first-order valence-electron chi connectivity index (χ1n) is 8.99. The largest absolute Gasteiger partial charge is 1.00 e. The van der Waals surface area contributed by atoms with Gasteiger partial charge in [-0.25, -0.2) is 4.98 Å². The molecular formula is C21H21BrKNO3. The van der Waals surface area contributed by atoms with Gasteiger partial charge in [-0.05, 0) is 42.8 Å². The molecule has 136 valence electrons. The van der Waals surface area contributed by atoms with Crippen molar-refractivity contribution in [2.45, 2.75) is 45.4 Å². The van der Waals surface area contributed by atoms with Gasteiger partial charge >= 0.3 is 51.4 Å². The van der Waals surface area contributed by atoms with E-state index in [1.165, 1.54) is 31.7 Å². The number of pyridine rings is 1. The molecule has 2 aromatic heterocycles. The zero-order valence-electron chi connectivity index (χ0n) is 15.8. The number of furan rings is 1. The first-order chi connectivity index (χ1) is 12.6. The average Bonchev–Trinajstić information content (AvgIpc) is 3.09. The first-order valence-corrected chi connectivity index (χ1v) is 9.78. The van der Waals surface area contributed by atoms with E-state index in [0.717, 1.165) is 23.1 Å². The van der Waals surface area contributed by atoms with E-state index < -0.39 is 5.97 Å². The van der Waals surface area contributed by atoms with Crippen LogP contribution in [0, 0.1) is 0 Å². The van der Waals surface area contributed by atoms with Crippen molar-refractivity contribution in [3.8, 4) is 11.5 Å². The molecule has 0 N–H and O–H groups in total. The summed E-state index contributed by atoms with van der Waals surface area (Å²) in [5.41, 5.74) is 1.22. The fourth-order valence-electron chi connectivity index (χ4n) is 3.05. The fraction of sp³-hybridized carbons (Fsp3) is 0.333. The molecule has 0 fully saturated rings. The molecular weight excluding hydrogens is 433 g/mol. The second-order valence-corrected chi connectivity index (χ2v) is 7.35. The zero-order valence-corrected chi connectivity index (χ0v) is 20.5. The number of aryl methyl sites for hydroxylation is 1. The number of hydrogen-bond acceptors (Lipinski definition) is 4. The Morgan fingerprint density at radius 3 is 2.63 bits per heavy atom. The number of aromatic carboxylic acids is 1. The molecule has 4 nitrogen and oxygen atoms in total. The average molecular weight is 454 g/mol. The smallest absolute Gasteiger partial charge is 0.545 e. The number of fused-ring (bicyclic) bond motifs is 1. The fourth-order valence-corrected chi connectivity index (χ4v) is 3.41. The Kier molecular flexibility index (Phi) is 9.18. The van der Waals surface area contributed by atoms with Crippen LogP contribution in [0.2, 0.25) is 0 Å². The van der Waals surface area contributed by atoms with Crippen molar-refractivity contribution < 1.29 is 65.7 Å². The Bertz CT molecular complexity index is 923. The normalized spacial score (nSPS) is 10.7. The third kappa shape index (κ3) is 5.98. The van der Waals surface area contributed by atoms with E-state index in [-0.39, 0.29) is 56.9 Å². The van der Waals surface area contributed by atoms with Crippen molar-refractivity contribution in [3.05, 3.63) is 52.2 Å². The van der Waals surface area contributed by atoms with Crippen molar-refractivity contribution in [2.75, 3.05) is 0 Å². The summed E-state index contributed by atoms with van der Waals surface area (Å²) in [5.74, 6) is 0.268. The number of carboxylic acids is 1. The van der Waals surface area contributed by atoms with Crippen molar-refractivity contribution in [3.63, 3.8) is 0 Å². The zero-order chi connectivity index (χ0) is 18.5. The van der Waals surface area contributed by atoms with Gasteiger partial charge in [0.1, 0.15) is 11.5 Å². The van der Waals surface area contributed by atoms with E-state index in [2.05, 4.69) is 27.8 Å². The summed E-state index contributed by atoms with van der Waals surface area (Å²) >= 11 is 3.36. The molecule has 0 saturated carbocycles. The molecule has 2 heterocycles. The summed E-state index contributed by atoms with van der Waals surface area (Å²) in [4.78, 5) is 16.1. The minimum atomic E-state index is -1.22. The van der Waals surface area contributed by atoms with Gasteiger partial charge in [-0.1, -0.05) is 48.5 Å². The first kappa shape index (κ1) is 22.8. The summed E-state index contributed by atoms with van der Waals surface area (Å²) in [6.45, 7) is 2.20. The van der Waals surface area contributed by atoms with Crippen LogP contribution in [0.5, 0.6) is 0 Å². The summed E-state index contributed by atoms with van der Waals surface area (Å²) in [6, 6.07) is 10.7. The number of benzene rings is 1. The van der Waals surface area contributed by atoms with Gasteiger partial charge in [0.05, 0.1) is 11.5 Å². The second kappa shape index (κ2) is 10.9. The minimum absolute atomic E-state index is 0. The van der Waals surface area contributed by atoms with E-state index in [1.54, 1.807) is 12.1 Å². The summed E-state index contributed by atoms with van der Waals surface area (Å²) in [6.07, 6.45) is 6.93. The number of carbonyl (C=O) groups excluding carboxylic acids is 1. The van der Waals surface area contributed by atoms with Gasteiger partial charge < -0.3 is 14.3 Å². The molecule has 27 heavy (non-hydrogen) atoms. The van der Waals surface area contributed by atoms with Crippen LogP contribution in [0.3, 0.4) is 0 Å². The second-order valence-electron chi connectivity index (χ2n) is 6.43.